The number of carbonyl (C=O) groups is 5. The summed E-state index contributed by atoms with van der Waals surface area (Å²) in [5.41, 5.74) is 7.85. The number of carboxylic acid groups (broad SMARTS) is 2. The third-order valence-electron chi connectivity index (χ3n) is 6.75. The highest BCUT2D eigenvalue weighted by atomic mass is 32.2. The summed E-state index contributed by atoms with van der Waals surface area (Å²) in [6.45, 7) is 3.50. The molecule has 8 N–H and O–H groups in total. The van der Waals surface area contributed by atoms with Crippen LogP contribution in [0.5, 0.6) is 0 Å². The first kappa shape index (κ1) is 32.6. The van der Waals surface area contributed by atoms with E-state index in [9.17, 15) is 34.2 Å². The van der Waals surface area contributed by atoms with Crippen molar-refractivity contribution >= 4 is 52.3 Å². The molecule has 40 heavy (non-hydrogen) atoms. The molecule has 0 aliphatic rings. The fourth-order valence-corrected chi connectivity index (χ4v) is 4.63. The van der Waals surface area contributed by atoms with Crippen LogP contribution in [0.2, 0.25) is 0 Å². The molecule has 12 nitrogen and oxygen atoms in total. The molecule has 0 aliphatic carbocycles. The van der Waals surface area contributed by atoms with Crippen molar-refractivity contribution in [1.82, 2.24) is 20.9 Å². The molecule has 13 heteroatoms. The largest absolute Gasteiger partial charge is 0.481 e. The lowest BCUT2D eigenvalue weighted by Crippen LogP contribution is -2.58. The lowest BCUT2D eigenvalue weighted by molar-refractivity contribution is -0.143. The molecule has 220 valence electrons. The summed E-state index contributed by atoms with van der Waals surface area (Å²) in [6.07, 6.45) is 3.83. The molecule has 1 aromatic heterocycles. The standard InChI is InChI=1S/C27H39N5O7S/c1-4-15(2)23(27(38)39)32-26(37)21(11-12-40-3)31-25(36)20(9-10-22(33)34)30-24(35)18(28)13-16-14-29-19-8-6-5-7-17(16)19/h5-8,14-15,18,20-21,23,29H,4,9-13,28H2,1-3H3,(H,30,35)(H,31,36)(H,32,37)(H,33,34)(H,38,39). The number of para-hydroxylation sites is 1. The number of aliphatic carboxylic acids is 2. The summed E-state index contributed by atoms with van der Waals surface area (Å²) in [7, 11) is 0. The number of amides is 3. The van der Waals surface area contributed by atoms with Crippen molar-refractivity contribution in [2.45, 2.75) is 70.1 Å². The molecule has 0 spiro atoms. The van der Waals surface area contributed by atoms with Gasteiger partial charge in [0, 0.05) is 23.5 Å². The number of hydrogen-bond acceptors (Lipinski definition) is 7. The maximum absolute atomic E-state index is 13.2. The third-order valence-corrected chi connectivity index (χ3v) is 7.40. The Morgan fingerprint density at radius 1 is 0.975 bits per heavy atom. The fourth-order valence-electron chi connectivity index (χ4n) is 4.16. The summed E-state index contributed by atoms with van der Waals surface area (Å²) >= 11 is 1.44. The lowest BCUT2D eigenvalue weighted by Gasteiger charge is -2.26. The molecule has 0 bridgehead atoms. The van der Waals surface area contributed by atoms with Crippen LogP contribution in [-0.4, -0.2) is 81.0 Å². The molecule has 5 atom stereocenters. The van der Waals surface area contributed by atoms with Crippen molar-refractivity contribution in [2.75, 3.05) is 12.0 Å². The normalized spacial score (nSPS) is 14.9. The first-order chi connectivity index (χ1) is 19.0. The van der Waals surface area contributed by atoms with Crippen LogP contribution in [0.3, 0.4) is 0 Å². The highest BCUT2D eigenvalue weighted by Gasteiger charge is 2.32. The molecular formula is C27H39N5O7S. The highest BCUT2D eigenvalue weighted by molar-refractivity contribution is 7.98. The number of thioether (sulfide) groups is 1. The van der Waals surface area contributed by atoms with Crippen LogP contribution in [-0.2, 0) is 30.4 Å². The molecule has 0 fully saturated rings. The predicted molar refractivity (Wildman–Crippen MR) is 153 cm³/mol. The van der Waals surface area contributed by atoms with Crippen LogP contribution < -0.4 is 21.7 Å². The number of hydrogen-bond donors (Lipinski definition) is 7. The van der Waals surface area contributed by atoms with Crippen LogP contribution in [0, 0.1) is 5.92 Å². The van der Waals surface area contributed by atoms with Crippen LogP contribution in [0.25, 0.3) is 10.9 Å². The summed E-state index contributed by atoms with van der Waals surface area (Å²) in [5.74, 6) is -4.29. The molecule has 1 aromatic carbocycles. The van der Waals surface area contributed by atoms with Crippen molar-refractivity contribution in [1.29, 1.82) is 0 Å². The van der Waals surface area contributed by atoms with Gasteiger partial charge in [0.25, 0.3) is 0 Å². The monoisotopic (exact) mass is 577 g/mol. The molecule has 0 aliphatic heterocycles. The maximum Gasteiger partial charge on any atom is 0.326 e. The number of nitrogens with two attached hydrogens (primary N) is 1. The second-order valence-corrected chi connectivity index (χ2v) is 10.7. The molecule has 0 saturated heterocycles. The summed E-state index contributed by atoms with van der Waals surface area (Å²) in [5, 5.41) is 27.3. The van der Waals surface area contributed by atoms with Gasteiger partial charge in [-0.25, -0.2) is 4.79 Å². The van der Waals surface area contributed by atoms with Gasteiger partial charge in [-0.2, -0.15) is 11.8 Å². The Kier molecular flexibility index (Phi) is 12.9. The highest BCUT2D eigenvalue weighted by Crippen LogP contribution is 2.19. The number of carbonyl (C=O) groups excluding carboxylic acids is 3. The Balaban J connectivity index is 2.15. The van der Waals surface area contributed by atoms with Crippen molar-refractivity contribution < 1.29 is 34.2 Å². The van der Waals surface area contributed by atoms with Gasteiger partial charge in [-0.15, -0.1) is 0 Å². The Bertz CT molecular complexity index is 1190. The molecule has 3 amide bonds. The zero-order valence-corrected chi connectivity index (χ0v) is 23.8. The van der Waals surface area contributed by atoms with Crippen LogP contribution >= 0.6 is 11.8 Å². The molecule has 5 unspecified atom stereocenters. The Labute approximate surface area is 237 Å². The number of aromatic nitrogens is 1. The number of aromatic amines is 1. The summed E-state index contributed by atoms with van der Waals surface area (Å²) < 4.78 is 0. The smallest absolute Gasteiger partial charge is 0.326 e. The van der Waals surface area contributed by atoms with E-state index in [0.29, 0.717) is 12.2 Å². The average Bonchev–Trinajstić information content (AvgIpc) is 3.33. The van der Waals surface area contributed by atoms with E-state index in [1.165, 1.54) is 11.8 Å². The van der Waals surface area contributed by atoms with Gasteiger partial charge in [0.15, 0.2) is 0 Å². The first-order valence-electron chi connectivity index (χ1n) is 13.1. The SMILES string of the molecule is CCC(C)C(NC(=O)C(CCSC)NC(=O)C(CCC(=O)O)NC(=O)C(N)Cc1c[nH]c2ccccc12)C(=O)O. The number of carboxylic acids is 2. The van der Waals surface area contributed by atoms with Crippen molar-refractivity contribution in [3.8, 4) is 0 Å². The average molecular weight is 578 g/mol. The second-order valence-electron chi connectivity index (χ2n) is 9.72. The maximum atomic E-state index is 13.2. The fraction of sp³-hybridized carbons (Fsp3) is 0.519. The van der Waals surface area contributed by atoms with Crippen molar-refractivity contribution in [3.05, 3.63) is 36.0 Å². The van der Waals surface area contributed by atoms with Crippen molar-refractivity contribution in [3.63, 3.8) is 0 Å². The van der Waals surface area contributed by atoms with Gasteiger partial charge in [0.05, 0.1) is 6.04 Å². The van der Waals surface area contributed by atoms with E-state index >= 15 is 0 Å². The minimum Gasteiger partial charge on any atom is -0.481 e. The molecule has 0 saturated carbocycles. The van der Waals surface area contributed by atoms with Gasteiger partial charge in [-0.05, 0) is 48.8 Å². The van der Waals surface area contributed by atoms with E-state index in [2.05, 4.69) is 20.9 Å². The quantitative estimate of drug-likeness (QED) is 0.144. The number of fused-ring (bicyclic) bond motifs is 1. The first-order valence-corrected chi connectivity index (χ1v) is 14.5. The van der Waals surface area contributed by atoms with Gasteiger partial charge in [-0.1, -0.05) is 38.5 Å². The Morgan fingerprint density at radius 3 is 2.23 bits per heavy atom. The predicted octanol–water partition coefficient (Wildman–Crippen LogP) is 1.24. The Morgan fingerprint density at radius 2 is 1.60 bits per heavy atom. The van der Waals surface area contributed by atoms with E-state index in [1.807, 2.05) is 30.5 Å². The zero-order valence-electron chi connectivity index (χ0n) is 22.9. The molecule has 1 heterocycles. The molecular weight excluding hydrogens is 538 g/mol. The Hall–Kier alpha value is -3.58. The van der Waals surface area contributed by atoms with E-state index in [1.54, 1.807) is 20.0 Å². The number of nitrogens with one attached hydrogen (secondary N) is 4. The zero-order chi connectivity index (χ0) is 29.8. The van der Waals surface area contributed by atoms with E-state index < -0.39 is 60.2 Å². The summed E-state index contributed by atoms with van der Waals surface area (Å²) in [4.78, 5) is 65.3. The number of benzene rings is 1. The lowest BCUT2D eigenvalue weighted by atomic mass is 9.98. The second kappa shape index (κ2) is 15.9. The van der Waals surface area contributed by atoms with Gasteiger partial charge in [0.1, 0.15) is 18.1 Å². The van der Waals surface area contributed by atoms with E-state index in [4.69, 9.17) is 5.73 Å². The van der Waals surface area contributed by atoms with Gasteiger partial charge >= 0.3 is 11.9 Å². The van der Waals surface area contributed by atoms with Crippen molar-refractivity contribution in [2.24, 2.45) is 11.7 Å². The van der Waals surface area contributed by atoms with Crippen LogP contribution in [0.4, 0.5) is 0 Å². The van der Waals surface area contributed by atoms with Gasteiger partial charge in [0.2, 0.25) is 17.7 Å². The molecule has 2 aromatic rings. The number of H-pyrrole nitrogens is 1. The van der Waals surface area contributed by atoms with E-state index in [-0.39, 0.29) is 25.2 Å². The molecule has 0 radical (unpaired) electrons. The molecule has 2 rings (SSSR count). The van der Waals surface area contributed by atoms with Gasteiger partial charge in [-0.3, -0.25) is 19.2 Å². The van der Waals surface area contributed by atoms with Crippen LogP contribution in [0.1, 0.15) is 45.1 Å². The minimum atomic E-state index is -1.27. The minimum absolute atomic E-state index is 0.175. The van der Waals surface area contributed by atoms with Gasteiger partial charge < -0.3 is 36.9 Å². The van der Waals surface area contributed by atoms with Crippen LogP contribution in [0.15, 0.2) is 30.5 Å². The van der Waals surface area contributed by atoms with E-state index in [0.717, 1.165) is 16.5 Å². The topological polar surface area (TPSA) is 204 Å². The summed E-state index contributed by atoms with van der Waals surface area (Å²) in [6, 6.07) is 3.00. The third kappa shape index (κ3) is 9.56. The number of rotatable bonds is 17.